The summed E-state index contributed by atoms with van der Waals surface area (Å²) >= 11 is 0. The largest absolute Gasteiger partial charge is 0.490 e. The van der Waals surface area contributed by atoms with Gasteiger partial charge in [-0.2, -0.15) is 0 Å². The van der Waals surface area contributed by atoms with Crippen LogP contribution in [-0.2, 0) is 6.61 Å². The summed E-state index contributed by atoms with van der Waals surface area (Å²) in [5.41, 5.74) is 3.11. The minimum absolute atomic E-state index is 0.0869. The van der Waals surface area contributed by atoms with Crippen LogP contribution in [0.25, 0.3) is 0 Å². The molecule has 2 nitrogen and oxygen atoms in total. The van der Waals surface area contributed by atoms with Crippen molar-refractivity contribution in [3.63, 3.8) is 0 Å². The molecule has 78 valence electrons. The van der Waals surface area contributed by atoms with Crippen molar-refractivity contribution < 1.29 is 9.84 Å². The quantitative estimate of drug-likeness (QED) is 0.801. The van der Waals surface area contributed by atoms with Gasteiger partial charge in [0.1, 0.15) is 5.75 Å². The topological polar surface area (TPSA) is 29.5 Å². The molecule has 1 aromatic rings. The van der Waals surface area contributed by atoms with Gasteiger partial charge in [-0.15, -0.1) is 0 Å². The molecule has 0 saturated heterocycles. The molecule has 1 rings (SSSR count). The standard InChI is InChI=1S/C12H18O2/c1-8(2)14-12-9(3)5-11(7-13)6-10(12)4/h5-6,8,13H,7H2,1-4H3. The van der Waals surface area contributed by atoms with Crippen LogP contribution < -0.4 is 4.74 Å². The molecule has 0 amide bonds. The van der Waals surface area contributed by atoms with Crippen LogP contribution >= 0.6 is 0 Å². The molecule has 0 fully saturated rings. The lowest BCUT2D eigenvalue weighted by molar-refractivity contribution is 0.238. The second kappa shape index (κ2) is 4.47. The van der Waals surface area contributed by atoms with E-state index < -0.39 is 0 Å². The van der Waals surface area contributed by atoms with E-state index in [1.54, 1.807) is 0 Å². The summed E-state index contributed by atoms with van der Waals surface area (Å²) in [5, 5.41) is 9.02. The molecule has 0 unspecified atom stereocenters. The van der Waals surface area contributed by atoms with E-state index in [2.05, 4.69) is 0 Å². The van der Waals surface area contributed by atoms with Crippen LogP contribution in [0.1, 0.15) is 30.5 Å². The Morgan fingerprint density at radius 3 is 2.07 bits per heavy atom. The second-order valence-corrected chi connectivity index (χ2v) is 3.88. The lowest BCUT2D eigenvalue weighted by atomic mass is 10.1. The SMILES string of the molecule is Cc1cc(CO)cc(C)c1OC(C)C. The molecule has 0 aromatic heterocycles. The van der Waals surface area contributed by atoms with Crippen molar-refractivity contribution in [1.82, 2.24) is 0 Å². The van der Waals surface area contributed by atoms with E-state index in [0.29, 0.717) is 0 Å². The third kappa shape index (κ3) is 2.48. The molecule has 0 atom stereocenters. The van der Waals surface area contributed by atoms with Crippen molar-refractivity contribution in [1.29, 1.82) is 0 Å². The van der Waals surface area contributed by atoms with E-state index in [1.165, 1.54) is 0 Å². The summed E-state index contributed by atoms with van der Waals surface area (Å²) in [5.74, 6) is 0.942. The van der Waals surface area contributed by atoms with Gasteiger partial charge in [-0.1, -0.05) is 12.1 Å². The first-order valence-corrected chi connectivity index (χ1v) is 4.92. The monoisotopic (exact) mass is 194 g/mol. The molecular formula is C12H18O2. The summed E-state index contributed by atoms with van der Waals surface area (Å²) in [4.78, 5) is 0. The van der Waals surface area contributed by atoms with Gasteiger partial charge >= 0.3 is 0 Å². The highest BCUT2D eigenvalue weighted by molar-refractivity contribution is 5.43. The van der Waals surface area contributed by atoms with Crippen molar-refractivity contribution in [3.8, 4) is 5.75 Å². The molecule has 2 heteroatoms. The van der Waals surface area contributed by atoms with Crippen LogP contribution in [0, 0.1) is 13.8 Å². The van der Waals surface area contributed by atoms with Gasteiger partial charge in [-0.05, 0) is 44.4 Å². The Morgan fingerprint density at radius 1 is 1.21 bits per heavy atom. The molecule has 0 heterocycles. The molecule has 1 N–H and O–H groups in total. The van der Waals surface area contributed by atoms with Gasteiger partial charge in [0.15, 0.2) is 0 Å². The van der Waals surface area contributed by atoms with Crippen LogP contribution in [0.4, 0.5) is 0 Å². The van der Waals surface area contributed by atoms with Gasteiger partial charge in [0.25, 0.3) is 0 Å². The molecule has 0 saturated carbocycles. The smallest absolute Gasteiger partial charge is 0.125 e. The summed E-state index contributed by atoms with van der Waals surface area (Å²) in [6.07, 6.45) is 0.187. The Balaban J connectivity index is 3.05. The first kappa shape index (κ1) is 11.1. The minimum atomic E-state index is 0.0869. The summed E-state index contributed by atoms with van der Waals surface area (Å²) in [6.45, 7) is 8.12. The number of benzene rings is 1. The molecule has 0 aliphatic carbocycles. The number of rotatable bonds is 3. The molecule has 0 spiro atoms. The van der Waals surface area contributed by atoms with E-state index >= 15 is 0 Å². The number of aliphatic hydroxyl groups is 1. The summed E-state index contributed by atoms with van der Waals surface area (Å²) < 4.78 is 5.69. The molecule has 0 radical (unpaired) electrons. The molecule has 0 bridgehead atoms. The van der Waals surface area contributed by atoms with Gasteiger partial charge in [0, 0.05) is 0 Å². The highest BCUT2D eigenvalue weighted by Crippen LogP contribution is 2.25. The number of aryl methyl sites for hydroxylation is 2. The van der Waals surface area contributed by atoms with Gasteiger partial charge in [0.05, 0.1) is 12.7 Å². The number of aliphatic hydroxyl groups excluding tert-OH is 1. The van der Waals surface area contributed by atoms with Crippen LogP contribution in [0.5, 0.6) is 5.75 Å². The number of ether oxygens (including phenoxy) is 1. The minimum Gasteiger partial charge on any atom is -0.490 e. The zero-order chi connectivity index (χ0) is 10.7. The van der Waals surface area contributed by atoms with Crippen LogP contribution in [-0.4, -0.2) is 11.2 Å². The third-order valence-corrected chi connectivity index (χ3v) is 2.06. The third-order valence-electron chi connectivity index (χ3n) is 2.06. The van der Waals surface area contributed by atoms with E-state index in [1.807, 2.05) is 39.8 Å². The van der Waals surface area contributed by atoms with E-state index in [9.17, 15) is 0 Å². The number of hydrogen-bond acceptors (Lipinski definition) is 2. The lowest BCUT2D eigenvalue weighted by Gasteiger charge is -2.16. The van der Waals surface area contributed by atoms with Crippen molar-refractivity contribution in [2.24, 2.45) is 0 Å². The number of hydrogen-bond donors (Lipinski definition) is 1. The van der Waals surface area contributed by atoms with Gasteiger partial charge < -0.3 is 9.84 Å². The Labute approximate surface area is 85.5 Å². The summed E-state index contributed by atoms with van der Waals surface area (Å²) in [6, 6.07) is 3.93. The normalized spacial score (nSPS) is 10.7. The maximum absolute atomic E-state index is 9.02. The highest BCUT2D eigenvalue weighted by atomic mass is 16.5. The maximum Gasteiger partial charge on any atom is 0.125 e. The van der Waals surface area contributed by atoms with E-state index in [-0.39, 0.29) is 12.7 Å². The first-order chi connectivity index (χ1) is 6.54. The average molecular weight is 194 g/mol. The van der Waals surface area contributed by atoms with Crippen molar-refractivity contribution in [2.45, 2.75) is 40.4 Å². The zero-order valence-corrected chi connectivity index (χ0v) is 9.29. The van der Waals surface area contributed by atoms with E-state index in [4.69, 9.17) is 9.84 Å². The van der Waals surface area contributed by atoms with Gasteiger partial charge in [-0.3, -0.25) is 0 Å². The lowest BCUT2D eigenvalue weighted by Crippen LogP contribution is -2.08. The Morgan fingerprint density at radius 2 is 1.71 bits per heavy atom. The second-order valence-electron chi connectivity index (χ2n) is 3.88. The first-order valence-electron chi connectivity index (χ1n) is 4.92. The molecular weight excluding hydrogens is 176 g/mol. The zero-order valence-electron chi connectivity index (χ0n) is 9.29. The highest BCUT2D eigenvalue weighted by Gasteiger charge is 2.07. The Hall–Kier alpha value is -1.02. The molecule has 14 heavy (non-hydrogen) atoms. The molecule has 0 aliphatic rings. The molecule has 1 aromatic carbocycles. The van der Waals surface area contributed by atoms with Gasteiger partial charge in [-0.25, -0.2) is 0 Å². The van der Waals surface area contributed by atoms with Crippen LogP contribution in [0.15, 0.2) is 12.1 Å². The predicted octanol–water partition coefficient (Wildman–Crippen LogP) is 2.58. The van der Waals surface area contributed by atoms with Crippen LogP contribution in [0.2, 0.25) is 0 Å². The Kier molecular flexibility index (Phi) is 3.53. The fourth-order valence-electron chi connectivity index (χ4n) is 1.55. The van der Waals surface area contributed by atoms with Crippen molar-refractivity contribution in [2.75, 3.05) is 0 Å². The fraction of sp³-hybridized carbons (Fsp3) is 0.500. The fourth-order valence-corrected chi connectivity index (χ4v) is 1.55. The van der Waals surface area contributed by atoms with Crippen molar-refractivity contribution >= 4 is 0 Å². The van der Waals surface area contributed by atoms with Crippen LogP contribution in [0.3, 0.4) is 0 Å². The van der Waals surface area contributed by atoms with E-state index in [0.717, 1.165) is 22.4 Å². The summed E-state index contributed by atoms with van der Waals surface area (Å²) in [7, 11) is 0. The average Bonchev–Trinajstić information content (AvgIpc) is 2.10. The molecule has 0 aliphatic heterocycles. The predicted molar refractivity (Wildman–Crippen MR) is 57.6 cm³/mol. The van der Waals surface area contributed by atoms with Gasteiger partial charge in [0.2, 0.25) is 0 Å². The van der Waals surface area contributed by atoms with Crippen molar-refractivity contribution in [3.05, 3.63) is 28.8 Å². The Bertz CT molecular complexity index is 293. The maximum atomic E-state index is 9.02.